The lowest BCUT2D eigenvalue weighted by Gasteiger charge is -2.53. The maximum Gasteiger partial charge on any atom is 0.00300 e. The Morgan fingerprint density at radius 1 is 1.11 bits per heavy atom. The molecule has 0 N–H and O–H groups in total. The summed E-state index contributed by atoms with van der Waals surface area (Å²) in [4.78, 5) is 2.70. The quantitative estimate of drug-likeness (QED) is 0.694. The van der Waals surface area contributed by atoms with Crippen molar-refractivity contribution in [2.24, 2.45) is 22.7 Å². The third-order valence-electron chi connectivity index (χ3n) is 5.21. The molecule has 2 aliphatic rings. The van der Waals surface area contributed by atoms with Gasteiger partial charge in [0.15, 0.2) is 0 Å². The van der Waals surface area contributed by atoms with Crippen LogP contribution in [0, 0.1) is 22.7 Å². The van der Waals surface area contributed by atoms with Crippen LogP contribution in [0.25, 0.3) is 0 Å². The molecular formula is C18H35N. The zero-order valence-corrected chi connectivity index (χ0v) is 14.0. The van der Waals surface area contributed by atoms with Gasteiger partial charge < -0.3 is 4.90 Å². The highest BCUT2D eigenvalue weighted by Crippen LogP contribution is 2.54. The fourth-order valence-corrected chi connectivity index (χ4v) is 4.20. The van der Waals surface area contributed by atoms with Gasteiger partial charge in [-0.25, -0.2) is 0 Å². The Hall–Kier alpha value is -0.0400. The molecule has 0 atom stereocenters. The summed E-state index contributed by atoms with van der Waals surface area (Å²) in [7, 11) is 0. The van der Waals surface area contributed by atoms with E-state index in [1.807, 2.05) is 0 Å². The summed E-state index contributed by atoms with van der Waals surface area (Å²) in [6.45, 7) is 15.8. The minimum atomic E-state index is 0.462. The highest BCUT2D eigenvalue weighted by atomic mass is 15.1. The van der Waals surface area contributed by atoms with E-state index in [-0.39, 0.29) is 0 Å². The monoisotopic (exact) mass is 265 g/mol. The maximum atomic E-state index is 2.70. The van der Waals surface area contributed by atoms with Crippen molar-refractivity contribution in [1.29, 1.82) is 0 Å². The van der Waals surface area contributed by atoms with Crippen LogP contribution in [0.1, 0.15) is 73.1 Å². The number of nitrogens with zero attached hydrogens (tertiary/aromatic N) is 1. The van der Waals surface area contributed by atoms with Gasteiger partial charge in [0.2, 0.25) is 0 Å². The second kappa shape index (κ2) is 5.76. The van der Waals surface area contributed by atoms with E-state index in [1.165, 1.54) is 45.3 Å². The normalized spacial score (nSPS) is 24.9. The summed E-state index contributed by atoms with van der Waals surface area (Å²) < 4.78 is 0. The molecule has 2 rings (SSSR count). The van der Waals surface area contributed by atoms with Crippen molar-refractivity contribution in [1.82, 2.24) is 4.90 Å². The molecule has 1 aliphatic heterocycles. The zero-order chi connectivity index (χ0) is 14.1. The zero-order valence-electron chi connectivity index (χ0n) is 14.0. The first-order chi connectivity index (χ1) is 8.78. The van der Waals surface area contributed by atoms with E-state index < -0.39 is 0 Å². The van der Waals surface area contributed by atoms with Crippen LogP contribution in [0.4, 0.5) is 0 Å². The lowest BCUT2D eigenvalue weighted by molar-refractivity contribution is -0.0240. The second-order valence-corrected chi connectivity index (χ2v) is 9.08. The van der Waals surface area contributed by atoms with E-state index in [0.717, 1.165) is 17.3 Å². The summed E-state index contributed by atoms with van der Waals surface area (Å²) >= 11 is 0. The maximum absolute atomic E-state index is 2.70. The van der Waals surface area contributed by atoms with Gasteiger partial charge in [0.1, 0.15) is 0 Å². The predicted molar refractivity (Wildman–Crippen MR) is 84.4 cm³/mol. The van der Waals surface area contributed by atoms with E-state index in [2.05, 4.69) is 39.5 Å². The molecule has 0 aromatic heterocycles. The Morgan fingerprint density at radius 3 is 2.16 bits per heavy atom. The van der Waals surface area contributed by atoms with Crippen molar-refractivity contribution in [3.63, 3.8) is 0 Å². The second-order valence-electron chi connectivity index (χ2n) is 9.08. The van der Waals surface area contributed by atoms with Crippen molar-refractivity contribution in [2.75, 3.05) is 19.6 Å². The number of hydrogen-bond acceptors (Lipinski definition) is 1. The Balaban J connectivity index is 1.68. The Kier molecular flexibility index (Phi) is 4.65. The Morgan fingerprint density at radius 2 is 1.68 bits per heavy atom. The molecule has 0 aromatic carbocycles. The Labute approximate surface area is 121 Å². The highest BCUT2D eigenvalue weighted by Gasteiger charge is 2.45. The van der Waals surface area contributed by atoms with E-state index >= 15 is 0 Å². The molecule has 1 saturated heterocycles. The largest absolute Gasteiger partial charge is 0.303 e. The van der Waals surface area contributed by atoms with Crippen LogP contribution < -0.4 is 0 Å². The standard InChI is InChI=1S/C18H35N/c1-15(2)6-7-16-12-18(13-16)8-10-19(11-9-18)14-17(3,4)5/h15-16H,6-14H2,1-5H3. The van der Waals surface area contributed by atoms with Crippen LogP contribution >= 0.6 is 0 Å². The van der Waals surface area contributed by atoms with Crippen molar-refractivity contribution in [2.45, 2.75) is 73.1 Å². The molecule has 1 aliphatic carbocycles. The van der Waals surface area contributed by atoms with Crippen LogP contribution in [-0.2, 0) is 0 Å². The average molecular weight is 265 g/mol. The molecule has 2 fully saturated rings. The van der Waals surface area contributed by atoms with Crippen molar-refractivity contribution in [3.05, 3.63) is 0 Å². The molecule has 1 heterocycles. The molecular weight excluding hydrogens is 230 g/mol. The van der Waals surface area contributed by atoms with Crippen LogP contribution in [0.2, 0.25) is 0 Å². The first-order valence-electron chi connectivity index (χ1n) is 8.50. The van der Waals surface area contributed by atoms with Crippen LogP contribution in [-0.4, -0.2) is 24.5 Å². The molecule has 1 saturated carbocycles. The van der Waals surface area contributed by atoms with Gasteiger partial charge in [0, 0.05) is 6.54 Å². The van der Waals surface area contributed by atoms with Gasteiger partial charge in [-0.15, -0.1) is 0 Å². The smallest absolute Gasteiger partial charge is 0.00300 e. The fourth-order valence-electron chi connectivity index (χ4n) is 4.20. The first kappa shape index (κ1) is 15.4. The van der Waals surface area contributed by atoms with Gasteiger partial charge in [0.25, 0.3) is 0 Å². The van der Waals surface area contributed by atoms with Crippen LogP contribution in [0.15, 0.2) is 0 Å². The number of likely N-dealkylation sites (tertiary alicyclic amines) is 1. The summed E-state index contributed by atoms with van der Waals surface area (Å²) in [6, 6.07) is 0. The molecule has 0 bridgehead atoms. The minimum Gasteiger partial charge on any atom is -0.303 e. The van der Waals surface area contributed by atoms with Gasteiger partial charge in [-0.2, -0.15) is 0 Å². The molecule has 0 unspecified atom stereocenters. The van der Waals surface area contributed by atoms with E-state index in [1.54, 1.807) is 12.8 Å². The molecule has 1 nitrogen and oxygen atoms in total. The third kappa shape index (κ3) is 4.48. The van der Waals surface area contributed by atoms with E-state index in [9.17, 15) is 0 Å². The van der Waals surface area contributed by atoms with E-state index in [0.29, 0.717) is 5.41 Å². The van der Waals surface area contributed by atoms with Gasteiger partial charge >= 0.3 is 0 Å². The fraction of sp³-hybridized carbons (Fsp3) is 1.00. The molecule has 0 amide bonds. The summed E-state index contributed by atoms with van der Waals surface area (Å²) in [5, 5.41) is 0. The predicted octanol–water partition coefficient (Wildman–Crippen LogP) is 4.96. The SMILES string of the molecule is CC(C)CCC1CC2(CCN(CC(C)(C)C)CC2)C1. The lowest BCUT2D eigenvalue weighted by atomic mass is 9.56. The molecule has 19 heavy (non-hydrogen) atoms. The van der Waals surface area contributed by atoms with Gasteiger partial charge in [0.05, 0.1) is 0 Å². The summed E-state index contributed by atoms with van der Waals surface area (Å²) in [6.07, 6.45) is 8.97. The molecule has 1 heteroatoms. The minimum absolute atomic E-state index is 0.462. The highest BCUT2D eigenvalue weighted by molar-refractivity contribution is 4.97. The van der Waals surface area contributed by atoms with Gasteiger partial charge in [-0.3, -0.25) is 0 Å². The molecule has 112 valence electrons. The molecule has 0 aromatic rings. The number of rotatable bonds is 4. The van der Waals surface area contributed by atoms with Gasteiger partial charge in [-0.1, -0.05) is 47.5 Å². The van der Waals surface area contributed by atoms with Crippen molar-refractivity contribution < 1.29 is 0 Å². The van der Waals surface area contributed by atoms with E-state index in [4.69, 9.17) is 0 Å². The lowest BCUT2D eigenvalue weighted by Crippen LogP contribution is -2.48. The molecule has 1 spiro atoms. The van der Waals surface area contributed by atoms with Crippen molar-refractivity contribution in [3.8, 4) is 0 Å². The third-order valence-corrected chi connectivity index (χ3v) is 5.21. The van der Waals surface area contributed by atoms with Crippen LogP contribution in [0.3, 0.4) is 0 Å². The van der Waals surface area contributed by atoms with Crippen molar-refractivity contribution >= 4 is 0 Å². The van der Waals surface area contributed by atoms with Gasteiger partial charge in [-0.05, 0) is 61.4 Å². The number of hydrogen-bond donors (Lipinski definition) is 0. The first-order valence-corrected chi connectivity index (χ1v) is 8.50. The number of piperidine rings is 1. The van der Waals surface area contributed by atoms with Crippen LogP contribution in [0.5, 0.6) is 0 Å². The summed E-state index contributed by atoms with van der Waals surface area (Å²) in [5.74, 6) is 1.96. The molecule has 0 radical (unpaired) electrons. The Bertz CT molecular complexity index is 271. The topological polar surface area (TPSA) is 3.24 Å². The summed E-state index contributed by atoms with van der Waals surface area (Å²) in [5.41, 5.74) is 1.24. The average Bonchev–Trinajstić information content (AvgIpc) is 2.23.